The van der Waals surface area contributed by atoms with Crippen molar-refractivity contribution >= 4 is 17.3 Å². The summed E-state index contributed by atoms with van der Waals surface area (Å²) in [7, 11) is 0. The van der Waals surface area contributed by atoms with Crippen molar-refractivity contribution in [2.45, 2.75) is 18.9 Å². The molecule has 2 saturated heterocycles. The monoisotopic (exact) mass is 449 g/mol. The molecule has 3 N–H and O–H groups in total. The fourth-order valence-electron chi connectivity index (χ4n) is 4.55. The van der Waals surface area contributed by atoms with Crippen molar-refractivity contribution in [1.82, 2.24) is 19.7 Å². The van der Waals surface area contributed by atoms with E-state index in [-0.39, 0.29) is 6.04 Å². The Morgan fingerprint density at radius 1 is 1.03 bits per heavy atom. The summed E-state index contributed by atoms with van der Waals surface area (Å²) in [6.45, 7) is 5.54. The van der Waals surface area contributed by atoms with Gasteiger partial charge in [-0.05, 0) is 49.1 Å². The Labute approximate surface area is 193 Å². The van der Waals surface area contributed by atoms with Gasteiger partial charge in [-0.2, -0.15) is 5.10 Å². The van der Waals surface area contributed by atoms with E-state index in [9.17, 15) is 0 Å². The second-order valence-electron chi connectivity index (χ2n) is 8.50. The minimum atomic E-state index is 0.173. The standard InChI is InChI=1S/C24H31N7O2/c25-15-23(18-6-11-32-12-7-18)31-17-19(16-27-31)22-5-8-26-24(29-22)28-20-1-3-21(4-2-20)30-9-13-33-14-10-30/h1-5,8,16-18,23H,6-7,9-15,25H2,(H,26,28,29). The van der Waals surface area contributed by atoms with Crippen LogP contribution in [0.15, 0.2) is 48.9 Å². The van der Waals surface area contributed by atoms with E-state index in [0.717, 1.165) is 69.3 Å². The van der Waals surface area contributed by atoms with Gasteiger partial charge in [0.25, 0.3) is 0 Å². The predicted molar refractivity (Wildman–Crippen MR) is 128 cm³/mol. The first-order valence-corrected chi connectivity index (χ1v) is 11.7. The summed E-state index contributed by atoms with van der Waals surface area (Å²) in [5.41, 5.74) is 10.0. The molecular formula is C24H31N7O2. The van der Waals surface area contributed by atoms with E-state index >= 15 is 0 Å². The van der Waals surface area contributed by atoms with Crippen LogP contribution in [0.25, 0.3) is 11.3 Å². The highest BCUT2D eigenvalue weighted by Crippen LogP contribution is 2.28. The highest BCUT2D eigenvalue weighted by molar-refractivity contribution is 5.62. The van der Waals surface area contributed by atoms with Gasteiger partial charge in [0.2, 0.25) is 5.95 Å². The molecule has 33 heavy (non-hydrogen) atoms. The lowest BCUT2D eigenvalue weighted by atomic mass is 9.92. The molecule has 0 bridgehead atoms. The van der Waals surface area contributed by atoms with E-state index in [2.05, 4.69) is 44.6 Å². The lowest BCUT2D eigenvalue weighted by molar-refractivity contribution is 0.0480. The van der Waals surface area contributed by atoms with Crippen LogP contribution in [0.1, 0.15) is 18.9 Å². The topological polar surface area (TPSA) is 103 Å². The van der Waals surface area contributed by atoms with Crippen molar-refractivity contribution in [3.63, 3.8) is 0 Å². The van der Waals surface area contributed by atoms with Crippen LogP contribution < -0.4 is 16.0 Å². The molecule has 2 aliphatic rings. The largest absolute Gasteiger partial charge is 0.381 e. The van der Waals surface area contributed by atoms with E-state index in [1.54, 1.807) is 6.20 Å². The quantitative estimate of drug-likeness (QED) is 0.568. The number of nitrogens with two attached hydrogens (primary N) is 1. The molecular weight excluding hydrogens is 418 g/mol. The van der Waals surface area contributed by atoms with E-state index in [1.807, 2.05) is 23.1 Å². The van der Waals surface area contributed by atoms with E-state index in [0.29, 0.717) is 18.4 Å². The van der Waals surface area contributed by atoms with Gasteiger partial charge in [-0.3, -0.25) is 4.68 Å². The predicted octanol–water partition coefficient (Wildman–Crippen LogP) is 2.85. The van der Waals surface area contributed by atoms with Gasteiger partial charge in [0.1, 0.15) is 0 Å². The summed E-state index contributed by atoms with van der Waals surface area (Å²) in [6, 6.07) is 10.4. The lowest BCUT2D eigenvalue weighted by Crippen LogP contribution is -2.36. The van der Waals surface area contributed by atoms with Gasteiger partial charge in [-0.25, -0.2) is 9.97 Å². The van der Waals surface area contributed by atoms with Crippen LogP contribution in [0.2, 0.25) is 0 Å². The summed E-state index contributed by atoms with van der Waals surface area (Å²) in [5.74, 6) is 1.04. The molecule has 1 unspecified atom stereocenters. The van der Waals surface area contributed by atoms with Gasteiger partial charge in [0.15, 0.2) is 0 Å². The molecule has 9 heteroatoms. The zero-order valence-electron chi connectivity index (χ0n) is 18.8. The Kier molecular flexibility index (Phi) is 6.80. The molecule has 2 fully saturated rings. The first-order valence-electron chi connectivity index (χ1n) is 11.7. The molecule has 174 valence electrons. The third-order valence-electron chi connectivity index (χ3n) is 6.44. The van der Waals surface area contributed by atoms with Gasteiger partial charge in [0, 0.05) is 62.2 Å². The first kappa shape index (κ1) is 21.8. The maximum absolute atomic E-state index is 6.11. The zero-order valence-corrected chi connectivity index (χ0v) is 18.8. The molecule has 1 aromatic carbocycles. The summed E-state index contributed by atoms with van der Waals surface area (Å²) in [6.07, 6.45) is 7.69. The van der Waals surface area contributed by atoms with Crippen molar-refractivity contribution in [2.75, 3.05) is 56.3 Å². The SMILES string of the molecule is NCC(C1CCOCC1)n1cc(-c2ccnc(Nc3ccc(N4CCOCC4)cc3)n2)cn1. The summed E-state index contributed by atoms with van der Waals surface area (Å²) in [4.78, 5) is 11.4. The molecule has 5 rings (SSSR count). The maximum Gasteiger partial charge on any atom is 0.227 e. The van der Waals surface area contributed by atoms with Crippen molar-refractivity contribution in [3.8, 4) is 11.3 Å². The molecule has 9 nitrogen and oxygen atoms in total. The molecule has 1 atom stereocenters. The minimum Gasteiger partial charge on any atom is -0.381 e. The number of aromatic nitrogens is 4. The van der Waals surface area contributed by atoms with Crippen LogP contribution in [-0.4, -0.2) is 65.8 Å². The highest BCUT2D eigenvalue weighted by Gasteiger charge is 2.25. The lowest BCUT2D eigenvalue weighted by Gasteiger charge is -2.29. The second kappa shape index (κ2) is 10.3. The summed E-state index contributed by atoms with van der Waals surface area (Å²) in [5, 5.41) is 7.92. The fraction of sp³-hybridized carbons (Fsp3) is 0.458. The third-order valence-corrected chi connectivity index (χ3v) is 6.44. The Balaban J connectivity index is 1.27. The average Bonchev–Trinajstić information content (AvgIpc) is 3.36. The minimum absolute atomic E-state index is 0.173. The number of hydrogen-bond acceptors (Lipinski definition) is 8. The van der Waals surface area contributed by atoms with Gasteiger partial charge < -0.3 is 25.4 Å². The van der Waals surface area contributed by atoms with Crippen LogP contribution in [0, 0.1) is 5.92 Å². The molecule has 3 aromatic rings. The molecule has 0 amide bonds. The number of benzene rings is 1. The molecule has 0 radical (unpaired) electrons. The van der Waals surface area contributed by atoms with Crippen LogP contribution in [0.5, 0.6) is 0 Å². The van der Waals surface area contributed by atoms with E-state index < -0.39 is 0 Å². The molecule has 0 spiro atoms. The Bertz CT molecular complexity index is 1030. The van der Waals surface area contributed by atoms with Crippen LogP contribution in [0.3, 0.4) is 0 Å². The van der Waals surface area contributed by atoms with Crippen LogP contribution in [0.4, 0.5) is 17.3 Å². The third kappa shape index (κ3) is 5.16. The summed E-state index contributed by atoms with van der Waals surface area (Å²) >= 11 is 0. The van der Waals surface area contributed by atoms with Crippen LogP contribution >= 0.6 is 0 Å². The van der Waals surface area contributed by atoms with Crippen molar-refractivity contribution in [1.29, 1.82) is 0 Å². The molecule has 0 saturated carbocycles. The van der Waals surface area contributed by atoms with Crippen LogP contribution in [-0.2, 0) is 9.47 Å². The van der Waals surface area contributed by atoms with E-state index in [1.165, 1.54) is 5.69 Å². The molecule has 0 aliphatic carbocycles. The van der Waals surface area contributed by atoms with E-state index in [4.69, 9.17) is 20.2 Å². The number of nitrogens with zero attached hydrogens (tertiary/aromatic N) is 5. The maximum atomic E-state index is 6.11. The molecule has 4 heterocycles. The van der Waals surface area contributed by atoms with Gasteiger partial charge in [-0.1, -0.05) is 0 Å². The van der Waals surface area contributed by atoms with Crippen molar-refractivity contribution < 1.29 is 9.47 Å². The number of rotatable bonds is 7. The smallest absolute Gasteiger partial charge is 0.227 e. The van der Waals surface area contributed by atoms with Gasteiger partial charge >= 0.3 is 0 Å². The molecule has 2 aromatic heterocycles. The number of anilines is 3. The highest BCUT2D eigenvalue weighted by atomic mass is 16.5. The van der Waals surface area contributed by atoms with Crippen molar-refractivity contribution in [3.05, 3.63) is 48.9 Å². The number of morpholine rings is 1. The normalized spacial score (nSPS) is 18.3. The molecule has 2 aliphatic heterocycles. The Morgan fingerprint density at radius 2 is 1.79 bits per heavy atom. The van der Waals surface area contributed by atoms with Gasteiger partial charge in [-0.15, -0.1) is 0 Å². The first-order chi connectivity index (χ1) is 16.3. The second-order valence-corrected chi connectivity index (χ2v) is 8.50. The number of nitrogens with one attached hydrogen (secondary N) is 1. The van der Waals surface area contributed by atoms with Crippen molar-refractivity contribution in [2.24, 2.45) is 11.7 Å². The summed E-state index contributed by atoms with van der Waals surface area (Å²) < 4.78 is 12.9. The zero-order chi connectivity index (χ0) is 22.5. The average molecular weight is 450 g/mol. The Hall–Kier alpha value is -3.01. The Morgan fingerprint density at radius 3 is 2.55 bits per heavy atom. The number of hydrogen-bond donors (Lipinski definition) is 2. The number of ether oxygens (including phenoxy) is 2. The van der Waals surface area contributed by atoms with Gasteiger partial charge in [0.05, 0.1) is 31.1 Å². The fourth-order valence-corrected chi connectivity index (χ4v) is 4.55.